The summed E-state index contributed by atoms with van der Waals surface area (Å²) in [6.45, 7) is 23.9. The average molecular weight is 844 g/mol. The van der Waals surface area contributed by atoms with Gasteiger partial charge in [-0.1, -0.05) is 119 Å². The maximum atomic E-state index is 12.9. The van der Waals surface area contributed by atoms with E-state index in [9.17, 15) is 9.59 Å². The number of hydrogen-bond acceptors (Lipinski definition) is 6. The van der Waals surface area contributed by atoms with E-state index < -0.39 is 0 Å². The number of carbonyl (C=O) groups excluding carboxylic acids is 2. The molecule has 0 saturated carbocycles. The smallest absolute Gasteiger partial charge is 0.661 e. The zero-order valence-corrected chi connectivity index (χ0v) is 40.0. The molecule has 0 N–H and O–H groups in total. The molecule has 0 spiro atoms. The number of nitrogens with zero attached hydrogens (tertiary/aromatic N) is 4. The van der Waals surface area contributed by atoms with Gasteiger partial charge in [0.05, 0.1) is 22.7 Å². The Labute approximate surface area is 363 Å². The number of allylic oxidation sites excluding steroid dienone is 3. The molecule has 0 unspecified atom stereocenters. The van der Waals surface area contributed by atoms with E-state index in [1.807, 2.05) is 106 Å². The predicted octanol–water partition coefficient (Wildman–Crippen LogP) is 11.3. The number of esters is 2. The molecule has 4 aromatic rings. The Bertz CT molecular complexity index is 2340. The Morgan fingerprint density at radius 2 is 1.15 bits per heavy atom. The summed E-state index contributed by atoms with van der Waals surface area (Å²) < 4.78 is 11.5. The van der Waals surface area contributed by atoms with Crippen LogP contribution in [0.5, 0.6) is 0 Å². The number of aliphatic imine (C=N–C) groups is 2. The monoisotopic (exact) mass is 842 g/mol. The summed E-state index contributed by atoms with van der Waals surface area (Å²) in [5, 5.41) is 0. The van der Waals surface area contributed by atoms with Gasteiger partial charge in [0.1, 0.15) is 12.2 Å². The maximum Gasteiger partial charge on any atom is 2.00 e. The SMILES string of the molecule is CCC(CC)OC(=O)C1=C(C)/C(=C(\c2ccccc2)c2[n-]c(C)cc2C)N=C1C.CCC(CC)OC(=O)c1c(C)[n-]c(/C(=C2\N=C(C)C=C2C)c2ccccc2)c1C.[Zn+2]. The molecule has 2 aromatic heterocycles. The fourth-order valence-electron chi connectivity index (χ4n) is 7.66. The van der Waals surface area contributed by atoms with Crippen LogP contribution in [0.4, 0.5) is 0 Å². The second kappa shape index (κ2) is 20.7. The molecule has 304 valence electrons. The van der Waals surface area contributed by atoms with Crippen LogP contribution in [-0.2, 0) is 33.7 Å². The number of hydrogen-bond donors (Lipinski definition) is 0. The summed E-state index contributed by atoms with van der Waals surface area (Å²) in [7, 11) is 0. The fraction of sp³-hybridized carbons (Fsp3) is 0.360. The van der Waals surface area contributed by atoms with E-state index in [2.05, 4.69) is 50.3 Å². The van der Waals surface area contributed by atoms with Gasteiger partial charge >= 0.3 is 31.4 Å². The van der Waals surface area contributed by atoms with Gasteiger partial charge in [0.25, 0.3) is 0 Å². The number of rotatable bonds is 12. The van der Waals surface area contributed by atoms with Crippen LogP contribution in [-0.4, -0.2) is 35.6 Å². The maximum absolute atomic E-state index is 12.9. The van der Waals surface area contributed by atoms with Gasteiger partial charge < -0.3 is 19.4 Å². The van der Waals surface area contributed by atoms with Crippen LogP contribution in [0, 0.1) is 27.7 Å². The zero-order valence-electron chi connectivity index (χ0n) is 37.0. The van der Waals surface area contributed by atoms with Crippen molar-refractivity contribution in [2.75, 3.05) is 0 Å². The van der Waals surface area contributed by atoms with Crippen molar-refractivity contribution in [3.05, 3.63) is 152 Å². The summed E-state index contributed by atoms with van der Waals surface area (Å²) >= 11 is 0. The Morgan fingerprint density at radius 3 is 1.61 bits per heavy atom. The molecule has 0 aliphatic carbocycles. The van der Waals surface area contributed by atoms with Crippen molar-refractivity contribution in [2.45, 2.75) is 121 Å². The van der Waals surface area contributed by atoms with Gasteiger partial charge in [-0.25, -0.2) is 9.59 Å². The zero-order chi connectivity index (χ0) is 42.3. The molecule has 59 heavy (non-hydrogen) atoms. The molecule has 0 radical (unpaired) electrons. The summed E-state index contributed by atoms with van der Waals surface area (Å²) in [5.74, 6) is -0.577. The van der Waals surface area contributed by atoms with Crippen molar-refractivity contribution < 1.29 is 38.5 Å². The van der Waals surface area contributed by atoms with E-state index >= 15 is 0 Å². The fourth-order valence-corrected chi connectivity index (χ4v) is 7.66. The topological polar surface area (TPSA) is 106 Å². The van der Waals surface area contributed by atoms with Gasteiger partial charge in [-0.2, -0.15) is 5.69 Å². The first-order chi connectivity index (χ1) is 27.7. The quantitative estimate of drug-likeness (QED) is 0.104. The van der Waals surface area contributed by atoms with Gasteiger partial charge in [-0.05, 0) is 107 Å². The van der Waals surface area contributed by atoms with Crippen LogP contribution < -0.4 is 9.97 Å². The molecule has 8 nitrogen and oxygen atoms in total. The summed E-state index contributed by atoms with van der Waals surface area (Å²) in [5.41, 5.74) is 15.8. The number of carbonyl (C=O) groups is 2. The van der Waals surface area contributed by atoms with E-state index in [-0.39, 0.29) is 43.6 Å². The summed E-state index contributed by atoms with van der Waals surface area (Å²) in [4.78, 5) is 45.0. The second-order valence-electron chi connectivity index (χ2n) is 15.1. The molecule has 9 heteroatoms. The van der Waals surface area contributed by atoms with E-state index in [0.717, 1.165) is 104 Å². The third kappa shape index (κ3) is 10.4. The van der Waals surface area contributed by atoms with Crippen molar-refractivity contribution in [1.29, 1.82) is 0 Å². The van der Waals surface area contributed by atoms with Gasteiger partial charge in [0, 0.05) is 11.3 Å². The molecular weight excluding hydrogens is 786 g/mol. The van der Waals surface area contributed by atoms with Crippen molar-refractivity contribution in [2.24, 2.45) is 9.98 Å². The minimum Gasteiger partial charge on any atom is -0.661 e. The first-order valence-corrected chi connectivity index (χ1v) is 20.5. The Hall–Kier alpha value is -5.14. The third-order valence-corrected chi connectivity index (χ3v) is 10.8. The molecule has 6 rings (SSSR count). The molecule has 0 atom stereocenters. The third-order valence-electron chi connectivity index (χ3n) is 10.8. The number of aromatic nitrogens is 2. The largest absolute Gasteiger partial charge is 2.00 e. The minimum atomic E-state index is -0.289. The molecule has 4 heterocycles. The minimum absolute atomic E-state index is 0. The van der Waals surface area contributed by atoms with E-state index in [4.69, 9.17) is 29.4 Å². The van der Waals surface area contributed by atoms with Crippen molar-refractivity contribution in [3.8, 4) is 0 Å². The molecule has 0 saturated heterocycles. The van der Waals surface area contributed by atoms with Crippen LogP contribution in [0.3, 0.4) is 0 Å². The van der Waals surface area contributed by atoms with Crippen LogP contribution in [0.2, 0.25) is 0 Å². The van der Waals surface area contributed by atoms with Crippen molar-refractivity contribution in [1.82, 2.24) is 9.97 Å². The van der Waals surface area contributed by atoms with E-state index in [1.165, 1.54) is 0 Å². The Morgan fingerprint density at radius 1 is 0.644 bits per heavy atom. The van der Waals surface area contributed by atoms with Crippen LogP contribution >= 0.6 is 0 Å². The molecule has 0 bridgehead atoms. The van der Waals surface area contributed by atoms with Gasteiger partial charge in [0.2, 0.25) is 0 Å². The number of ether oxygens (including phenoxy) is 2. The molecular formula is C50H58N4O4Zn. The van der Waals surface area contributed by atoms with Gasteiger partial charge in [-0.3, -0.25) is 9.98 Å². The molecule has 0 fully saturated rings. The van der Waals surface area contributed by atoms with Crippen LogP contribution in [0.15, 0.2) is 111 Å². The molecule has 0 amide bonds. The first kappa shape index (κ1) is 46.6. The summed E-state index contributed by atoms with van der Waals surface area (Å²) in [6, 6.07) is 22.3. The normalized spacial score (nSPS) is 15.3. The van der Waals surface area contributed by atoms with E-state index in [1.54, 1.807) is 0 Å². The van der Waals surface area contributed by atoms with Crippen molar-refractivity contribution >= 4 is 34.5 Å². The number of benzene rings is 2. The molecule has 2 aromatic carbocycles. The van der Waals surface area contributed by atoms with Crippen LogP contribution in [0.25, 0.3) is 11.1 Å². The average Bonchev–Trinajstić information content (AvgIpc) is 3.91. The standard InChI is InChI=1S/2C25H30N2O2.Zn/c2*1-7-20(8-2)29-25(28)21-17(5)24(27-18(21)6)22(19-12-10-9-11-13-19)23-15(3)14-16(4)26-23;/h2*9-14,20H,7-8H2,1-6H3,(H,26,27,28);/q;;+2/p-2. The Balaban J connectivity index is 0.000000256. The molecule has 2 aliphatic heterocycles. The van der Waals surface area contributed by atoms with Gasteiger partial charge in [0.15, 0.2) is 0 Å². The van der Waals surface area contributed by atoms with Gasteiger partial charge in [-0.15, -0.1) is 17.1 Å². The predicted molar refractivity (Wildman–Crippen MR) is 236 cm³/mol. The second-order valence-corrected chi connectivity index (χ2v) is 15.1. The first-order valence-electron chi connectivity index (χ1n) is 20.5. The van der Waals surface area contributed by atoms with E-state index in [0.29, 0.717) is 22.5 Å². The Kier molecular flexibility index (Phi) is 16.3. The summed E-state index contributed by atoms with van der Waals surface area (Å²) in [6.07, 6.45) is 5.15. The number of aryl methyl sites for hydroxylation is 3. The molecule has 2 aliphatic rings. The van der Waals surface area contributed by atoms with Crippen LogP contribution in [0.1, 0.15) is 136 Å². The van der Waals surface area contributed by atoms with Crippen molar-refractivity contribution in [3.63, 3.8) is 0 Å².